The minimum Gasteiger partial charge on any atom is -0.348 e. The van der Waals surface area contributed by atoms with E-state index in [1.165, 1.54) is 53.9 Å². The fraction of sp³-hybridized carbons (Fsp3) is 0.269. The first-order valence-electron chi connectivity index (χ1n) is 11.5. The number of carbonyl (C=O) groups is 1. The lowest BCUT2D eigenvalue weighted by Crippen LogP contribution is -2.41. The van der Waals surface area contributed by atoms with Crippen molar-refractivity contribution in [3.8, 4) is 0 Å². The highest BCUT2D eigenvalue weighted by Crippen LogP contribution is 2.27. The number of non-ortho nitro benzene ring substituents is 1. The zero-order valence-corrected chi connectivity index (χ0v) is 20.2. The van der Waals surface area contributed by atoms with E-state index in [1.54, 1.807) is 18.2 Å². The van der Waals surface area contributed by atoms with E-state index >= 15 is 0 Å². The standard InChI is InChI=1S/C26H27N3O5S/c1-19(21-12-11-20-7-5-6-8-22(20)17-21)27-26(30)18-28(23-13-15-24(16-14-23)29(31)32)35(33,34)25-9-3-2-4-10-25/h2-4,9-17,19H,5-8,18H2,1H3,(H,27,30). The predicted octanol–water partition coefficient (Wildman–Crippen LogP) is 4.55. The average molecular weight is 494 g/mol. The van der Waals surface area contributed by atoms with Gasteiger partial charge >= 0.3 is 0 Å². The SMILES string of the molecule is CC(NC(=O)CN(c1ccc([N+](=O)[O-])cc1)S(=O)(=O)c1ccccc1)c1ccc2c(c1)CCCC2. The maximum absolute atomic E-state index is 13.4. The number of hydrogen-bond acceptors (Lipinski definition) is 5. The molecule has 0 bridgehead atoms. The summed E-state index contributed by atoms with van der Waals surface area (Å²) in [5, 5.41) is 13.9. The second kappa shape index (κ2) is 10.3. The number of nitrogens with zero attached hydrogens (tertiary/aromatic N) is 2. The molecule has 0 heterocycles. The lowest BCUT2D eigenvalue weighted by Gasteiger charge is -2.25. The first kappa shape index (κ1) is 24.4. The molecule has 1 unspecified atom stereocenters. The minimum atomic E-state index is -4.09. The molecule has 8 nitrogen and oxygen atoms in total. The minimum absolute atomic E-state index is 0.0221. The first-order valence-corrected chi connectivity index (χ1v) is 12.9. The molecule has 0 saturated carbocycles. The van der Waals surface area contributed by atoms with Crippen LogP contribution in [0, 0.1) is 10.1 Å². The molecule has 182 valence electrons. The Kier molecular flexibility index (Phi) is 7.16. The summed E-state index contributed by atoms with van der Waals surface area (Å²) in [6.07, 6.45) is 4.43. The van der Waals surface area contributed by atoms with Gasteiger partial charge in [0.15, 0.2) is 0 Å². The van der Waals surface area contributed by atoms with Crippen molar-refractivity contribution in [2.75, 3.05) is 10.8 Å². The quantitative estimate of drug-likeness (QED) is 0.366. The second-order valence-corrected chi connectivity index (χ2v) is 10.5. The smallest absolute Gasteiger partial charge is 0.269 e. The lowest BCUT2D eigenvalue weighted by atomic mass is 9.89. The normalized spacial score (nSPS) is 14.0. The monoisotopic (exact) mass is 493 g/mol. The highest BCUT2D eigenvalue weighted by molar-refractivity contribution is 7.92. The van der Waals surface area contributed by atoms with Gasteiger partial charge in [0, 0.05) is 12.1 Å². The average Bonchev–Trinajstić information content (AvgIpc) is 2.87. The number of sulfonamides is 1. The molecule has 0 spiro atoms. The van der Waals surface area contributed by atoms with Gasteiger partial charge in [0.05, 0.1) is 21.5 Å². The zero-order chi connectivity index (χ0) is 25.0. The Balaban J connectivity index is 1.58. The van der Waals surface area contributed by atoms with E-state index in [2.05, 4.69) is 17.4 Å². The van der Waals surface area contributed by atoms with Crippen LogP contribution in [-0.4, -0.2) is 25.8 Å². The number of nitro benzene ring substituents is 1. The molecule has 9 heteroatoms. The van der Waals surface area contributed by atoms with Crippen LogP contribution in [0.25, 0.3) is 0 Å². The molecule has 0 radical (unpaired) electrons. The van der Waals surface area contributed by atoms with Gasteiger partial charge in [0.2, 0.25) is 5.91 Å². The van der Waals surface area contributed by atoms with Crippen molar-refractivity contribution in [3.63, 3.8) is 0 Å². The van der Waals surface area contributed by atoms with Crippen LogP contribution < -0.4 is 9.62 Å². The highest BCUT2D eigenvalue weighted by atomic mass is 32.2. The van der Waals surface area contributed by atoms with Crippen LogP contribution >= 0.6 is 0 Å². The van der Waals surface area contributed by atoms with Crippen molar-refractivity contribution in [2.45, 2.75) is 43.5 Å². The topological polar surface area (TPSA) is 110 Å². The van der Waals surface area contributed by atoms with Crippen molar-refractivity contribution < 1.29 is 18.1 Å². The molecule has 4 rings (SSSR count). The van der Waals surface area contributed by atoms with Crippen LogP contribution in [-0.2, 0) is 27.7 Å². The molecular weight excluding hydrogens is 466 g/mol. The van der Waals surface area contributed by atoms with Gasteiger partial charge in [-0.25, -0.2) is 8.42 Å². The highest BCUT2D eigenvalue weighted by Gasteiger charge is 2.28. The largest absolute Gasteiger partial charge is 0.348 e. The molecule has 1 atom stereocenters. The third-order valence-electron chi connectivity index (χ3n) is 6.22. The van der Waals surface area contributed by atoms with Crippen LogP contribution in [0.4, 0.5) is 11.4 Å². The number of nitro groups is 1. The van der Waals surface area contributed by atoms with E-state index in [0.717, 1.165) is 29.1 Å². The fourth-order valence-corrected chi connectivity index (χ4v) is 5.74. The molecule has 35 heavy (non-hydrogen) atoms. The van der Waals surface area contributed by atoms with E-state index in [4.69, 9.17) is 0 Å². The summed E-state index contributed by atoms with van der Waals surface area (Å²) in [5.74, 6) is -0.479. The first-order chi connectivity index (χ1) is 16.8. The van der Waals surface area contributed by atoms with Crippen LogP contribution in [0.3, 0.4) is 0 Å². The predicted molar refractivity (Wildman–Crippen MR) is 134 cm³/mol. The van der Waals surface area contributed by atoms with Gasteiger partial charge in [0.25, 0.3) is 15.7 Å². The van der Waals surface area contributed by atoms with Crippen LogP contribution in [0.15, 0.2) is 77.7 Å². The summed E-state index contributed by atoms with van der Waals surface area (Å²) in [6.45, 7) is 1.40. The molecule has 3 aromatic rings. The van der Waals surface area contributed by atoms with Gasteiger partial charge in [-0.1, -0.05) is 36.4 Å². The van der Waals surface area contributed by atoms with E-state index < -0.39 is 27.4 Å². The van der Waals surface area contributed by atoms with Gasteiger partial charge in [-0.3, -0.25) is 19.2 Å². The Morgan fingerprint density at radius 2 is 1.66 bits per heavy atom. The number of carbonyl (C=O) groups excluding carboxylic acids is 1. The number of benzene rings is 3. The summed E-state index contributed by atoms with van der Waals surface area (Å²) in [7, 11) is -4.09. The summed E-state index contributed by atoms with van der Waals surface area (Å²) in [5.41, 5.74) is 3.60. The van der Waals surface area contributed by atoms with E-state index in [-0.39, 0.29) is 22.3 Å². The zero-order valence-electron chi connectivity index (χ0n) is 19.4. The molecule has 0 fully saturated rings. The fourth-order valence-electron chi connectivity index (χ4n) is 4.30. The Labute approximate surface area is 204 Å². The van der Waals surface area contributed by atoms with Crippen molar-refractivity contribution in [1.29, 1.82) is 0 Å². The van der Waals surface area contributed by atoms with Gasteiger partial charge in [-0.2, -0.15) is 0 Å². The number of hydrogen-bond donors (Lipinski definition) is 1. The Bertz CT molecular complexity index is 1320. The third-order valence-corrected chi connectivity index (χ3v) is 8.01. The summed E-state index contributed by atoms with van der Waals surface area (Å²) >= 11 is 0. The molecule has 1 aliphatic carbocycles. The lowest BCUT2D eigenvalue weighted by molar-refractivity contribution is -0.384. The van der Waals surface area contributed by atoms with Crippen LogP contribution in [0.2, 0.25) is 0 Å². The molecule has 0 saturated heterocycles. The summed E-state index contributed by atoms with van der Waals surface area (Å²) in [6, 6.07) is 18.8. The Morgan fingerprint density at radius 1 is 1.00 bits per heavy atom. The van der Waals surface area contributed by atoms with E-state index in [1.807, 2.05) is 13.0 Å². The van der Waals surface area contributed by atoms with Gasteiger partial charge in [-0.15, -0.1) is 0 Å². The Morgan fingerprint density at radius 3 is 2.31 bits per heavy atom. The third kappa shape index (κ3) is 5.51. The van der Waals surface area contributed by atoms with Gasteiger partial charge in [-0.05, 0) is 73.6 Å². The van der Waals surface area contributed by atoms with E-state index in [9.17, 15) is 23.3 Å². The van der Waals surface area contributed by atoms with Crippen molar-refractivity contribution in [2.24, 2.45) is 0 Å². The van der Waals surface area contributed by atoms with Crippen LogP contribution in [0.1, 0.15) is 42.5 Å². The molecular formula is C26H27N3O5S. The van der Waals surface area contributed by atoms with Crippen molar-refractivity contribution in [3.05, 3.63) is 99.6 Å². The van der Waals surface area contributed by atoms with Crippen molar-refractivity contribution in [1.82, 2.24) is 5.32 Å². The molecule has 0 aliphatic heterocycles. The molecule has 1 aliphatic rings. The van der Waals surface area contributed by atoms with E-state index in [0.29, 0.717) is 0 Å². The number of rotatable bonds is 8. The molecule has 0 aromatic heterocycles. The van der Waals surface area contributed by atoms with Gasteiger partial charge < -0.3 is 5.32 Å². The van der Waals surface area contributed by atoms with Crippen LogP contribution in [0.5, 0.6) is 0 Å². The molecule has 1 N–H and O–H groups in total. The molecule has 3 aromatic carbocycles. The van der Waals surface area contributed by atoms with Crippen molar-refractivity contribution >= 4 is 27.3 Å². The maximum Gasteiger partial charge on any atom is 0.269 e. The molecule has 1 amide bonds. The number of aryl methyl sites for hydroxylation is 2. The number of anilines is 1. The number of fused-ring (bicyclic) bond motifs is 1. The second-order valence-electron chi connectivity index (χ2n) is 8.62. The number of nitrogens with one attached hydrogen (secondary N) is 1. The summed E-state index contributed by atoms with van der Waals surface area (Å²) in [4.78, 5) is 23.5. The summed E-state index contributed by atoms with van der Waals surface area (Å²) < 4.78 is 27.8. The maximum atomic E-state index is 13.4. The number of amides is 1. The Hall–Kier alpha value is -3.72. The van der Waals surface area contributed by atoms with Gasteiger partial charge in [0.1, 0.15) is 6.54 Å².